The molecular formula is C21H21ClN2O5. The molecule has 3 N–H and O–H groups in total. The van der Waals surface area contributed by atoms with Crippen molar-refractivity contribution in [2.45, 2.75) is 20.3 Å². The minimum atomic E-state index is -0.257. The standard InChI is InChI=1S/C21H21ClN2O5/c1-4-11(2)20(27)23-21-18(12-5-7-13(28-3)8-6-12)19(24-29-21)14-9-15(22)17(26)10-16(14)25/h5-11,25-26H,4H2,1-3H3,(H,23,27). The molecule has 1 atom stereocenters. The quantitative estimate of drug-likeness (QED) is 0.518. The molecule has 3 rings (SSSR count). The first-order valence-corrected chi connectivity index (χ1v) is 9.40. The van der Waals surface area contributed by atoms with Gasteiger partial charge in [-0.15, -0.1) is 0 Å². The van der Waals surface area contributed by atoms with E-state index in [1.807, 2.05) is 13.8 Å². The Hall–Kier alpha value is -3.19. The highest BCUT2D eigenvalue weighted by molar-refractivity contribution is 6.32. The average Bonchev–Trinajstić information content (AvgIpc) is 3.13. The molecule has 1 aromatic heterocycles. The van der Waals surface area contributed by atoms with Crippen LogP contribution in [0.1, 0.15) is 20.3 Å². The van der Waals surface area contributed by atoms with Gasteiger partial charge >= 0.3 is 0 Å². The molecule has 0 fully saturated rings. The van der Waals surface area contributed by atoms with E-state index in [1.54, 1.807) is 31.4 Å². The lowest BCUT2D eigenvalue weighted by molar-refractivity contribution is -0.119. The van der Waals surface area contributed by atoms with Crippen molar-refractivity contribution in [1.82, 2.24) is 5.16 Å². The van der Waals surface area contributed by atoms with E-state index in [9.17, 15) is 15.0 Å². The van der Waals surface area contributed by atoms with Crippen molar-refractivity contribution in [1.29, 1.82) is 0 Å². The summed E-state index contributed by atoms with van der Waals surface area (Å²) < 4.78 is 10.6. The smallest absolute Gasteiger partial charge is 0.239 e. The summed E-state index contributed by atoms with van der Waals surface area (Å²) >= 11 is 6.02. The van der Waals surface area contributed by atoms with Crippen LogP contribution in [-0.2, 0) is 4.79 Å². The minimum absolute atomic E-state index is 0.0478. The van der Waals surface area contributed by atoms with Crippen molar-refractivity contribution >= 4 is 23.4 Å². The summed E-state index contributed by atoms with van der Waals surface area (Å²) in [7, 11) is 1.56. The average molecular weight is 417 g/mol. The van der Waals surface area contributed by atoms with Crippen molar-refractivity contribution in [2.24, 2.45) is 5.92 Å². The van der Waals surface area contributed by atoms with Gasteiger partial charge in [0.1, 0.15) is 22.9 Å². The van der Waals surface area contributed by atoms with E-state index in [0.717, 1.165) is 6.07 Å². The predicted molar refractivity (Wildman–Crippen MR) is 110 cm³/mol. The second-order valence-electron chi connectivity index (χ2n) is 6.58. The summed E-state index contributed by atoms with van der Waals surface area (Å²) in [4.78, 5) is 12.4. The third kappa shape index (κ3) is 4.14. The van der Waals surface area contributed by atoms with Gasteiger partial charge in [-0.1, -0.05) is 42.7 Å². The number of aromatic nitrogens is 1. The van der Waals surface area contributed by atoms with Crippen LogP contribution >= 0.6 is 11.6 Å². The lowest BCUT2D eigenvalue weighted by Gasteiger charge is -2.11. The highest BCUT2D eigenvalue weighted by Crippen LogP contribution is 2.44. The Morgan fingerprint density at radius 1 is 1.24 bits per heavy atom. The lowest BCUT2D eigenvalue weighted by Crippen LogP contribution is -2.19. The second-order valence-corrected chi connectivity index (χ2v) is 6.99. The molecule has 0 aliphatic carbocycles. The number of hydrogen-bond acceptors (Lipinski definition) is 6. The fourth-order valence-electron chi connectivity index (χ4n) is 2.75. The molecule has 7 nitrogen and oxygen atoms in total. The Balaban J connectivity index is 2.16. The van der Waals surface area contributed by atoms with Crippen molar-refractivity contribution in [3.8, 4) is 39.6 Å². The number of nitrogens with one attached hydrogen (secondary N) is 1. The number of carbonyl (C=O) groups excluding carboxylic acids is 1. The number of benzene rings is 2. The topological polar surface area (TPSA) is 105 Å². The highest BCUT2D eigenvalue weighted by Gasteiger charge is 2.25. The Morgan fingerprint density at radius 3 is 2.55 bits per heavy atom. The third-order valence-electron chi connectivity index (χ3n) is 4.69. The Labute approximate surface area is 172 Å². The number of nitrogens with zero attached hydrogens (tertiary/aromatic N) is 1. The molecule has 152 valence electrons. The van der Waals surface area contributed by atoms with Crippen LogP contribution in [0.3, 0.4) is 0 Å². The molecule has 8 heteroatoms. The Bertz CT molecular complexity index is 1030. The predicted octanol–water partition coefficient (Wildman–Crippen LogP) is 5.07. The molecule has 29 heavy (non-hydrogen) atoms. The zero-order valence-corrected chi connectivity index (χ0v) is 16.9. The van der Waals surface area contributed by atoms with Crippen LogP contribution in [0.15, 0.2) is 40.9 Å². The number of phenols is 2. The summed E-state index contributed by atoms with van der Waals surface area (Å²) in [6, 6.07) is 9.60. The number of hydrogen-bond donors (Lipinski definition) is 3. The first-order valence-electron chi connectivity index (χ1n) is 9.02. The van der Waals surface area contributed by atoms with Gasteiger partial charge in [-0.25, -0.2) is 0 Å². The van der Waals surface area contributed by atoms with Crippen LogP contribution in [0.4, 0.5) is 5.88 Å². The van der Waals surface area contributed by atoms with Gasteiger partial charge in [0.2, 0.25) is 11.8 Å². The van der Waals surface area contributed by atoms with Gasteiger partial charge in [0.05, 0.1) is 17.7 Å². The molecule has 1 heterocycles. The first-order chi connectivity index (χ1) is 13.8. The zero-order valence-electron chi connectivity index (χ0n) is 16.2. The maximum atomic E-state index is 12.4. The van der Waals surface area contributed by atoms with Gasteiger partial charge in [-0.05, 0) is 30.2 Å². The van der Waals surface area contributed by atoms with Crippen molar-refractivity contribution in [2.75, 3.05) is 12.4 Å². The second kappa shape index (κ2) is 8.45. The Morgan fingerprint density at radius 2 is 1.93 bits per heavy atom. The fraction of sp³-hybridized carbons (Fsp3) is 0.238. The van der Waals surface area contributed by atoms with E-state index in [1.165, 1.54) is 6.07 Å². The summed E-state index contributed by atoms with van der Waals surface area (Å²) in [5.41, 5.74) is 1.69. The van der Waals surface area contributed by atoms with Gasteiger partial charge in [0.25, 0.3) is 0 Å². The van der Waals surface area contributed by atoms with Gasteiger partial charge in [-0.2, -0.15) is 0 Å². The van der Waals surface area contributed by atoms with Crippen LogP contribution in [0.25, 0.3) is 22.4 Å². The van der Waals surface area contributed by atoms with E-state index in [4.69, 9.17) is 20.9 Å². The zero-order chi connectivity index (χ0) is 21.1. The fourth-order valence-corrected chi connectivity index (χ4v) is 2.91. The van der Waals surface area contributed by atoms with Crippen molar-refractivity contribution in [3.63, 3.8) is 0 Å². The third-order valence-corrected chi connectivity index (χ3v) is 4.99. The maximum Gasteiger partial charge on any atom is 0.239 e. The number of phenolic OH excluding ortho intramolecular Hbond substituents is 2. The summed E-state index contributed by atoms with van der Waals surface area (Å²) in [5, 5.41) is 26.9. The van der Waals surface area contributed by atoms with Crippen LogP contribution in [-0.4, -0.2) is 28.4 Å². The SMILES string of the molecule is CCC(C)C(=O)Nc1onc(-c2cc(Cl)c(O)cc2O)c1-c1ccc(OC)cc1. The van der Waals surface area contributed by atoms with E-state index in [2.05, 4.69) is 10.5 Å². The molecule has 0 saturated carbocycles. The summed E-state index contributed by atoms with van der Waals surface area (Å²) in [6.45, 7) is 3.72. The first kappa shape index (κ1) is 20.5. The highest BCUT2D eigenvalue weighted by atomic mass is 35.5. The lowest BCUT2D eigenvalue weighted by atomic mass is 9.99. The largest absolute Gasteiger partial charge is 0.507 e. The van der Waals surface area contributed by atoms with E-state index >= 15 is 0 Å². The molecule has 2 aromatic carbocycles. The van der Waals surface area contributed by atoms with Crippen LogP contribution in [0.5, 0.6) is 17.2 Å². The van der Waals surface area contributed by atoms with Gasteiger partial charge in [0, 0.05) is 17.5 Å². The number of amides is 1. The number of rotatable bonds is 6. The molecule has 0 saturated heterocycles. The molecule has 1 unspecified atom stereocenters. The Kier molecular flexibility index (Phi) is 5.98. The molecule has 0 spiro atoms. The monoisotopic (exact) mass is 416 g/mol. The maximum absolute atomic E-state index is 12.4. The molecule has 0 aliphatic rings. The molecule has 3 aromatic rings. The molecule has 1 amide bonds. The summed E-state index contributed by atoms with van der Waals surface area (Å²) in [6.07, 6.45) is 0.666. The number of methoxy groups -OCH3 is 1. The van der Waals surface area contributed by atoms with Crippen LogP contribution in [0.2, 0.25) is 5.02 Å². The molecular weight excluding hydrogens is 396 g/mol. The number of ether oxygens (including phenoxy) is 1. The van der Waals surface area contributed by atoms with Gasteiger partial charge in [-0.3, -0.25) is 10.1 Å². The van der Waals surface area contributed by atoms with E-state index < -0.39 is 0 Å². The van der Waals surface area contributed by atoms with E-state index in [0.29, 0.717) is 23.3 Å². The van der Waals surface area contributed by atoms with Crippen LogP contribution in [0, 0.1) is 5.92 Å². The number of aromatic hydroxyl groups is 2. The normalized spacial score (nSPS) is 11.9. The van der Waals surface area contributed by atoms with Gasteiger partial charge in [0.15, 0.2) is 0 Å². The molecule has 0 bridgehead atoms. The van der Waals surface area contributed by atoms with Crippen LogP contribution < -0.4 is 10.1 Å². The van der Waals surface area contributed by atoms with Gasteiger partial charge < -0.3 is 19.5 Å². The summed E-state index contributed by atoms with van der Waals surface area (Å²) in [5.74, 6) is -0.101. The number of halogens is 1. The number of anilines is 1. The van der Waals surface area contributed by atoms with Crippen molar-refractivity contribution in [3.05, 3.63) is 41.4 Å². The molecule has 0 radical (unpaired) electrons. The number of carbonyl (C=O) groups is 1. The molecule has 0 aliphatic heterocycles. The van der Waals surface area contributed by atoms with Crippen molar-refractivity contribution < 1.29 is 24.3 Å². The minimum Gasteiger partial charge on any atom is -0.507 e. The van der Waals surface area contributed by atoms with E-state index in [-0.39, 0.29) is 45.5 Å².